The van der Waals surface area contributed by atoms with E-state index in [0.717, 1.165) is 5.56 Å². The van der Waals surface area contributed by atoms with E-state index in [1.165, 1.54) is 12.1 Å². The molecule has 0 aliphatic carbocycles. The SMILES string of the molecule is CC(C)CC(NC(=O)C(N)Cc1ccc(O)cc1)C(=O)NC(CCCN=C(N)N)C(=O)NCC(=O)O. The number of carboxylic acid groups (broad SMARTS) is 1. The highest BCUT2D eigenvalue weighted by Gasteiger charge is 2.28. The van der Waals surface area contributed by atoms with E-state index in [1.807, 2.05) is 13.8 Å². The molecule has 3 atom stereocenters. The molecule has 1 aromatic rings. The molecule has 0 saturated heterocycles. The maximum absolute atomic E-state index is 13.1. The lowest BCUT2D eigenvalue weighted by Gasteiger charge is -2.25. The Morgan fingerprint density at radius 3 is 2.14 bits per heavy atom. The van der Waals surface area contributed by atoms with E-state index < -0.39 is 48.4 Å². The minimum absolute atomic E-state index is 0.0236. The van der Waals surface area contributed by atoms with Crippen LogP contribution >= 0.6 is 0 Å². The molecule has 3 unspecified atom stereocenters. The van der Waals surface area contributed by atoms with Crippen LogP contribution in [0, 0.1) is 5.92 Å². The number of hydrogen-bond donors (Lipinski definition) is 8. The third-order valence-electron chi connectivity index (χ3n) is 5.06. The Morgan fingerprint density at radius 2 is 1.58 bits per heavy atom. The third-order valence-corrected chi connectivity index (χ3v) is 5.06. The first-order valence-corrected chi connectivity index (χ1v) is 11.6. The van der Waals surface area contributed by atoms with Crippen LogP contribution in [-0.2, 0) is 25.6 Å². The van der Waals surface area contributed by atoms with Gasteiger partial charge in [0.15, 0.2) is 5.96 Å². The highest BCUT2D eigenvalue weighted by molar-refractivity contribution is 5.93. The van der Waals surface area contributed by atoms with Crippen LogP contribution in [0.15, 0.2) is 29.3 Å². The summed E-state index contributed by atoms with van der Waals surface area (Å²) in [6.45, 7) is 3.33. The molecule has 0 aromatic heterocycles. The van der Waals surface area contributed by atoms with Gasteiger partial charge in [-0.1, -0.05) is 26.0 Å². The summed E-state index contributed by atoms with van der Waals surface area (Å²) in [4.78, 5) is 53.0. The van der Waals surface area contributed by atoms with Crippen molar-refractivity contribution in [3.8, 4) is 5.75 Å². The number of rotatable bonds is 15. The van der Waals surface area contributed by atoms with E-state index in [4.69, 9.17) is 22.3 Å². The summed E-state index contributed by atoms with van der Waals surface area (Å²) >= 11 is 0. The van der Waals surface area contributed by atoms with Crippen molar-refractivity contribution in [2.75, 3.05) is 13.1 Å². The number of carboxylic acids is 1. The Balaban J connectivity index is 2.89. The monoisotopic (exact) mass is 507 g/mol. The number of nitrogens with one attached hydrogen (secondary N) is 3. The zero-order valence-corrected chi connectivity index (χ0v) is 20.6. The van der Waals surface area contributed by atoms with E-state index in [9.17, 15) is 24.3 Å². The van der Waals surface area contributed by atoms with Crippen molar-refractivity contribution >= 4 is 29.7 Å². The van der Waals surface area contributed by atoms with Crippen LogP contribution in [0.2, 0.25) is 0 Å². The number of amides is 3. The molecule has 3 amide bonds. The first-order valence-electron chi connectivity index (χ1n) is 11.6. The maximum atomic E-state index is 13.1. The highest BCUT2D eigenvalue weighted by atomic mass is 16.4. The van der Waals surface area contributed by atoms with E-state index >= 15 is 0 Å². The summed E-state index contributed by atoms with van der Waals surface area (Å²) in [7, 11) is 0. The molecule has 0 spiro atoms. The Labute approximate surface area is 209 Å². The summed E-state index contributed by atoms with van der Waals surface area (Å²) in [5, 5.41) is 25.7. The molecular weight excluding hydrogens is 470 g/mol. The Kier molecular flexibility index (Phi) is 12.7. The topological polar surface area (TPSA) is 235 Å². The second-order valence-corrected chi connectivity index (χ2v) is 8.79. The van der Waals surface area contributed by atoms with Gasteiger partial charge < -0.3 is 43.4 Å². The zero-order chi connectivity index (χ0) is 27.3. The number of aromatic hydroxyl groups is 1. The first-order chi connectivity index (χ1) is 16.9. The number of hydrogen-bond acceptors (Lipinski definition) is 7. The van der Waals surface area contributed by atoms with Crippen LogP contribution in [0.5, 0.6) is 5.75 Å². The number of phenolic OH excluding ortho intramolecular Hbond substituents is 1. The van der Waals surface area contributed by atoms with Gasteiger partial charge in [0, 0.05) is 6.54 Å². The molecule has 1 aromatic carbocycles. The van der Waals surface area contributed by atoms with Crippen molar-refractivity contribution in [3.05, 3.63) is 29.8 Å². The zero-order valence-electron chi connectivity index (χ0n) is 20.6. The lowest BCUT2D eigenvalue weighted by Crippen LogP contribution is -2.56. The standard InChI is InChI=1S/C23H37N7O6/c1-13(2)10-18(30-20(34)16(24)11-14-5-7-15(31)8-6-14)22(36)29-17(4-3-9-27-23(25)26)21(35)28-12-19(32)33/h5-8,13,16-18,31H,3-4,9-12,24H2,1-2H3,(H,28,35)(H,29,36)(H,30,34)(H,32,33)(H4,25,26,27). The van der Waals surface area contributed by atoms with E-state index in [2.05, 4.69) is 20.9 Å². The summed E-state index contributed by atoms with van der Waals surface area (Å²) < 4.78 is 0. The molecule has 36 heavy (non-hydrogen) atoms. The van der Waals surface area contributed by atoms with Gasteiger partial charge in [-0.3, -0.25) is 24.2 Å². The molecule has 200 valence electrons. The van der Waals surface area contributed by atoms with Crippen LogP contribution < -0.4 is 33.2 Å². The molecule has 0 heterocycles. The van der Waals surface area contributed by atoms with Gasteiger partial charge in [-0.2, -0.15) is 0 Å². The lowest BCUT2D eigenvalue weighted by atomic mass is 10.0. The predicted octanol–water partition coefficient (Wildman–Crippen LogP) is -1.47. The number of carbonyl (C=O) groups is 4. The van der Waals surface area contributed by atoms with Crippen molar-refractivity contribution in [3.63, 3.8) is 0 Å². The molecule has 11 N–H and O–H groups in total. The van der Waals surface area contributed by atoms with Gasteiger partial charge in [-0.05, 0) is 49.3 Å². The number of guanidine groups is 1. The van der Waals surface area contributed by atoms with Gasteiger partial charge in [0.2, 0.25) is 17.7 Å². The predicted molar refractivity (Wildman–Crippen MR) is 134 cm³/mol. The molecule has 0 saturated carbocycles. The minimum atomic E-state index is -1.23. The molecule has 0 aliphatic rings. The second kappa shape index (κ2) is 15.2. The molecule has 0 aliphatic heterocycles. The van der Waals surface area contributed by atoms with Gasteiger partial charge >= 0.3 is 5.97 Å². The summed E-state index contributed by atoms with van der Waals surface area (Å²) in [5.74, 6) is -3.08. The Bertz CT molecular complexity index is 916. The number of phenols is 1. The fraction of sp³-hybridized carbons (Fsp3) is 0.522. The fourth-order valence-electron chi connectivity index (χ4n) is 3.29. The molecule has 0 bridgehead atoms. The smallest absolute Gasteiger partial charge is 0.322 e. The third kappa shape index (κ3) is 12.0. The quantitative estimate of drug-likeness (QED) is 0.0784. The first kappa shape index (κ1) is 30.2. The number of nitrogens with two attached hydrogens (primary N) is 3. The van der Waals surface area contributed by atoms with Crippen molar-refractivity contribution in [1.29, 1.82) is 0 Å². The van der Waals surface area contributed by atoms with Gasteiger partial charge in [0.1, 0.15) is 24.4 Å². The number of benzene rings is 1. The van der Waals surface area contributed by atoms with Gasteiger partial charge in [0.25, 0.3) is 0 Å². The average Bonchev–Trinajstić information content (AvgIpc) is 2.79. The summed E-state index contributed by atoms with van der Waals surface area (Å²) in [6.07, 6.45) is 0.937. The van der Waals surface area contributed by atoms with E-state index in [-0.39, 0.29) is 43.4 Å². The number of nitrogens with zero attached hydrogens (tertiary/aromatic N) is 1. The molecule has 0 fully saturated rings. The normalized spacial score (nSPS) is 13.2. The number of carbonyl (C=O) groups excluding carboxylic acids is 3. The Hall–Kier alpha value is -3.87. The number of aliphatic carboxylic acids is 1. The molecule has 13 heteroatoms. The minimum Gasteiger partial charge on any atom is -0.508 e. The van der Waals surface area contributed by atoms with Crippen molar-refractivity contribution in [2.24, 2.45) is 28.1 Å². The van der Waals surface area contributed by atoms with Crippen molar-refractivity contribution in [1.82, 2.24) is 16.0 Å². The van der Waals surface area contributed by atoms with Crippen LogP contribution in [0.3, 0.4) is 0 Å². The second-order valence-electron chi connectivity index (χ2n) is 8.79. The average molecular weight is 508 g/mol. The lowest BCUT2D eigenvalue weighted by molar-refractivity contribution is -0.138. The number of aliphatic imine (C=N–C) groups is 1. The van der Waals surface area contributed by atoms with Crippen LogP contribution in [0.25, 0.3) is 0 Å². The van der Waals surface area contributed by atoms with Crippen LogP contribution in [0.1, 0.15) is 38.7 Å². The van der Waals surface area contributed by atoms with Gasteiger partial charge in [-0.15, -0.1) is 0 Å². The molecule has 13 nitrogen and oxygen atoms in total. The van der Waals surface area contributed by atoms with Gasteiger partial charge in [0.05, 0.1) is 6.04 Å². The van der Waals surface area contributed by atoms with Gasteiger partial charge in [-0.25, -0.2) is 0 Å². The molecule has 1 rings (SSSR count). The largest absolute Gasteiger partial charge is 0.508 e. The van der Waals surface area contributed by atoms with E-state index in [0.29, 0.717) is 6.42 Å². The van der Waals surface area contributed by atoms with E-state index in [1.54, 1.807) is 12.1 Å². The molecule has 0 radical (unpaired) electrons. The Morgan fingerprint density at radius 1 is 0.972 bits per heavy atom. The van der Waals surface area contributed by atoms with Crippen LogP contribution in [-0.4, -0.2) is 71.1 Å². The molecular formula is C23H37N7O6. The van der Waals surface area contributed by atoms with Crippen molar-refractivity contribution < 1.29 is 29.4 Å². The fourth-order valence-corrected chi connectivity index (χ4v) is 3.29. The summed E-state index contributed by atoms with van der Waals surface area (Å²) in [5.41, 5.74) is 17.4. The van der Waals surface area contributed by atoms with Crippen LogP contribution in [0.4, 0.5) is 0 Å². The summed E-state index contributed by atoms with van der Waals surface area (Å²) in [6, 6.07) is 3.26. The highest BCUT2D eigenvalue weighted by Crippen LogP contribution is 2.12. The maximum Gasteiger partial charge on any atom is 0.322 e. The van der Waals surface area contributed by atoms with Crippen molar-refractivity contribution in [2.45, 2.75) is 57.7 Å².